The number of ether oxygens (including phenoxy) is 2. The number of H-pyrrole nitrogens is 1. The molecule has 2 aliphatic heterocycles. The van der Waals surface area contributed by atoms with E-state index < -0.39 is 108 Å². The van der Waals surface area contributed by atoms with Gasteiger partial charge in [-0.1, -0.05) is 41.5 Å². The fourth-order valence-electron chi connectivity index (χ4n) is 5.19. The first-order valence-electron chi connectivity index (χ1n) is 17.0. The van der Waals surface area contributed by atoms with Gasteiger partial charge in [-0.25, -0.2) is 13.7 Å². The number of aromatic nitrogens is 2. The van der Waals surface area contributed by atoms with E-state index in [1.54, 1.807) is 22.6 Å². The first-order valence-corrected chi connectivity index (χ1v) is 21.4. The lowest BCUT2D eigenvalue weighted by Gasteiger charge is -2.40. The summed E-state index contributed by atoms with van der Waals surface area (Å²) in [4.78, 5) is 50.2. The number of hydrogen-bond acceptors (Lipinski definition) is 16. The summed E-state index contributed by atoms with van der Waals surface area (Å²) in [7, 11) is -10.2. The maximum atomic E-state index is 12.4. The van der Waals surface area contributed by atoms with Gasteiger partial charge in [0.2, 0.25) is 0 Å². The Kier molecular flexibility index (Phi) is 22.2. The van der Waals surface area contributed by atoms with Crippen LogP contribution in [0.3, 0.4) is 0 Å². The minimum Gasteiger partial charge on any atom is -0.394 e. The van der Waals surface area contributed by atoms with Crippen LogP contribution in [0.5, 0.6) is 0 Å². The Hall–Kier alpha value is -0.690. The molecule has 3 heterocycles. The Morgan fingerprint density at radius 3 is 1.73 bits per heavy atom. The van der Waals surface area contributed by atoms with Crippen LogP contribution in [-0.4, -0.2) is 167 Å². The molecule has 2 unspecified atom stereocenters. The number of nitrogens with one attached hydrogen (secondary N) is 1. The molecule has 1 aromatic heterocycles. The number of rotatable bonds is 16. The van der Waals surface area contributed by atoms with Gasteiger partial charge in [-0.3, -0.25) is 23.4 Å². The average molecular weight is 907 g/mol. The van der Waals surface area contributed by atoms with Crippen LogP contribution in [0.15, 0.2) is 15.8 Å². The maximum Gasteiger partial charge on any atom is 0.479 e. The van der Waals surface area contributed by atoms with Crippen molar-refractivity contribution in [2.45, 2.75) is 103 Å². The Balaban J connectivity index is 0.000000812. The van der Waals surface area contributed by atoms with Crippen molar-refractivity contribution in [1.82, 2.24) is 19.4 Å². The zero-order chi connectivity index (χ0) is 40.0. The Bertz CT molecular complexity index is 1370. The third kappa shape index (κ3) is 15.1. The number of phosphoric acid groups is 1. The molecule has 0 bridgehead atoms. The van der Waals surface area contributed by atoms with Crippen molar-refractivity contribution in [2.75, 3.05) is 58.6 Å². The highest BCUT2D eigenvalue weighted by Crippen LogP contribution is 2.60. The van der Waals surface area contributed by atoms with Gasteiger partial charge in [0, 0.05) is 6.20 Å². The molecule has 20 nitrogen and oxygen atoms in total. The van der Waals surface area contributed by atoms with Crippen LogP contribution in [0.4, 0.5) is 0 Å². The number of hydrogen-bond donors (Lipinski definition) is 9. The van der Waals surface area contributed by atoms with E-state index in [0.29, 0.717) is 0 Å². The smallest absolute Gasteiger partial charge is 0.394 e. The Labute approximate surface area is 316 Å². The lowest BCUT2D eigenvalue weighted by molar-refractivity contribution is -0.229. The zero-order valence-corrected chi connectivity index (χ0v) is 34.2. The average Bonchev–Trinajstić information content (AvgIpc) is 3.38. The predicted octanol–water partition coefficient (Wildman–Crippen LogP) is -0.992. The number of halogens is 1. The topological polar surface area (TPSA) is 294 Å². The molecule has 0 aliphatic carbocycles. The molecule has 0 amide bonds. The van der Waals surface area contributed by atoms with E-state index in [1.807, 2.05) is 4.98 Å². The highest BCUT2D eigenvalue weighted by Gasteiger charge is 2.47. The number of phosphoric ester groups is 1. The van der Waals surface area contributed by atoms with Crippen LogP contribution in [0.25, 0.3) is 0 Å². The van der Waals surface area contributed by atoms with Crippen LogP contribution in [0.2, 0.25) is 0 Å². The van der Waals surface area contributed by atoms with Gasteiger partial charge in [-0.15, -0.1) is 0 Å². The molecule has 0 spiro atoms. The van der Waals surface area contributed by atoms with E-state index >= 15 is 0 Å². The van der Waals surface area contributed by atoms with Gasteiger partial charge < -0.3 is 59.7 Å². The Morgan fingerprint density at radius 1 is 0.788 bits per heavy atom. The quantitative estimate of drug-likeness (QED) is 0.0711. The lowest BCUT2D eigenvalue weighted by atomic mass is 9.94. The molecule has 0 radical (unpaired) electrons. The standard InChI is InChI=1S/C17H27IN2O16P2.2C6H15N/c18-6-3-20(17(28)19-15(6)27)16-14(26)12(24)9(35-16)5-33-38(31,32)36-37(29,30)2-1-7-10(22)13(25)11(23)8(4-21)34-7;2*1-4-7(5-2)6-3/h3,7-14,16,21-26H,1-2,4-5H2,(H,29,30)(H,31,32)(H,19,27,28);2*4-6H2,1-3H3/t7-,8-,9-,10+,11+,12-,13-,14-,16-;;/m1../s1. The van der Waals surface area contributed by atoms with Gasteiger partial charge in [0.25, 0.3) is 5.56 Å². The fraction of sp³-hybridized carbons (Fsp3) is 0.862. The van der Waals surface area contributed by atoms with Crippen molar-refractivity contribution in [2.24, 2.45) is 0 Å². The second-order valence-corrected chi connectivity index (χ2v) is 16.5. The summed E-state index contributed by atoms with van der Waals surface area (Å²) in [5, 5.41) is 59.2. The van der Waals surface area contributed by atoms with Crippen molar-refractivity contribution in [1.29, 1.82) is 0 Å². The van der Waals surface area contributed by atoms with Crippen molar-refractivity contribution < 1.29 is 67.9 Å². The molecule has 2 aliphatic rings. The molecule has 23 heteroatoms. The highest BCUT2D eigenvalue weighted by molar-refractivity contribution is 14.1. The van der Waals surface area contributed by atoms with Crippen LogP contribution < -0.4 is 11.2 Å². The molecule has 3 rings (SSSR count). The van der Waals surface area contributed by atoms with Gasteiger partial charge in [0.05, 0.1) is 29.0 Å². The summed E-state index contributed by atoms with van der Waals surface area (Å²) in [5.41, 5.74) is -1.66. The number of nitrogens with zero attached hydrogens (tertiary/aromatic N) is 3. The first kappa shape index (κ1) is 49.3. The van der Waals surface area contributed by atoms with E-state index in [-0.39, 0.29) is 3.57 Å². The molecule has 2 saturated heterocycles. The van der Waals surface area contributed by atoms with Gasteiger partial charge >= 0.3 is 21.1 Å². The molecule has 306 valence electrons. The van der Waals surface area contributed by atoms with Gasteiger partial charge in [0.1, 0.15) is 42.7 Å². The lowest BCUT2D eigenvalue weighted by Crippen LogP contribution is -2.58. The van der Waals surface area contributed by atoms with Crippen LogP contribution in [0.1, 0.15) is 54.2 Å². The Morgan fingerprint density at radius 2 is 1.27 bits per heavy atom. The second kappa shape index (κ2) is 23.4. The predicted molar refractivity (Wildman–Crippen MR) is 197 cm³/mol. The summed E-state index contributed by atoms with van der Waals surface area (Å²) < 4.78 is 45.0. The SMILES string of the molecule is CCN(CC)CC.CCN(CC)CC.O=c1[nH]c(=O)n([C@@H]2O[C@H](COP(=O)(O)OP(=O)(O)CC[C@H]3O[C@H](CO)[C@H](O)[C@H](O)[C@H]3O)[C@@H](O)[C@H]2O)cc1I. The van der Waals surface area contributed by atoms with Crippen LogP contribution in [0, 0.1) is 3.57 Å². The minimum absolute atomic E-state index is 0.0582. The summed E-state index contributed by atoms with van der Waals surface area (Å²) in [6.07, 6.45) is -14.5. The maximum absolute atomic E-state index is 12.4. The first-order chi connectivity index (χ1) is 24.3. The molecule has 0 aromatic carbocycles. The summed E-state index contributed by atoms with van der Waals surface area (Å²) in [6.45, 7) is 18.6. The van der Waals surface area contributed by atoms with Gasteiger partial charge in [-0.2, -0.15) is 0 Å². The normalized spacial score (nSPS) is 29.8. The van der Waals surface area contributed by atoms with E-state index in [1.165, 1.54) is 39.3 Å². The zero-order valence-electron chi connectivity index (χ0n) is 30.3. The van der Waals surface area contributed by atoms with E-state index in [4.69, 9.17) is 9.47 Å². The number of aromatic amines is 1. The third-order valence-corrected chi connectivity index (χ3v) is 12.5. The van der Waals surface area contributed by atoms with Crippen LogP contribution in [-0.2, 0) is 27.4 Å². The third-order valence-electron chi connectivity index (χ3n) is 8.54. The number of aliphatic hydroxyl groups excluding tert-OH is 6. The van der Waals surface area contributed by atoms with Gasteiger partial charge in [-0.05, 0) is 68.3 Å². The van der Waals surface area contributed by atoms with E-state index in [9.17, 15) is 59.1 Å². The monoisotopic (exact) mass is 906 g/mol. The van der Waals surface area contributed by atoms with E-state index in [2.05, 4.69) is 60.2 Å². The molecule has 11 atom stereocenters. The second-order valence-electron chi connectivity index (χ2n) is 11.8. The van der Waals surface area contributed by atoms with Crippen molar-refractivity contribution >= 4 is 38.0 Å². The van der Waals surface area contributed by atoms with Crippen molar-refractivity contribution in [3.63, 3.8) is 0 Å². The minimum atomic E-state index is -5.29. The fourth-order valence-corrected chi connectivity index (χ4v) is 8.34. The molecular formula is C29H57IN4O16P2. The summed E-state index contributed by atoms with van der Waals surface area (Å²) in [6, 6.07) is 0. The van der Waals surface area contributed by atoms with Crippen LogP contribution >= 0.6 is 38.0 Å². The largest absolute Gasteiger partial charge is 0.479 e. The summed E-state index contributed by atoms with van der Waals surface area (Å²) in [5.74, 6) is 0. The van der Waals surface area contributed by atoms with Crippen molar-refractivity contribution in [3.8, 4) is 0 Å². The molecule has 0 saturated carbocycles. The van der Waals surface area contributed by atoms with Gasteiger partial charge in [0.15, 0.2) is 6.23 Å². The molecule has 52 heavy (non-hydrogen) atoms. The molecule has 9 N–H and O–H groups in total. The molecule has 2 fully saturated rings. The molecular weight excluding hydrogens is 849 g/mol. The van der Waals surface area contributed by atoms with Crippen molar-refractivity contribution in [3.05, 3.63) is 30.6 Å². The number of aliphatic hydroxyl groups is 6. The molecule has 1 aromatic rings. The summed E-state index contributed by atoms with van der Waals surface area (Å²) >= 11 is 1.62. The highest BCUT2D eigenvalue weighted by atomic mass is 127. The van der Waals surface area contributed by atoms with E-state index in [0.717, 1.165) is 10.8 Å².